The number of benzene rings is 2. The van der Waals surface area contributed by atoms with Crippen LogP contribution in [-0.4, -0.2) is 53.9 Å². The lowest BCUT2D eigenvalue weighted by atomic mass is 10.1. The second-order valence-corrected chi connectivity index (χ2v) is 7.80. The first kappa shape index (κ1) is 21.5. The molecule has 9 heteroatoms. The molecule has 0 radical (unpaired) electrons. The summed E-state index contributed by atoms with van der Waals surface area (Å²) in [6, 6.07) is 12.8. The van der Waals surface area contributed by atoms with Crippen LogP contribution in [0.15, 0.2) is 64.6 Å². The van der Waals surface area contributed by atoms with Crippen LogP contribution in [-0.2, 0) is 0 Å². The van der Waals surface area contributed by atoms with E-state index in [1.165, 1.54) is 24.3 Å². The van der Waals surface area contributed by atoms with Crippen molar-refractivity contribution in [3.63, 3.8) is 0 Å². The van der Waals surface area contributed by atoms with Gasteiger partial charge in [-0.1, -0.05) is 6.07 Å². The number of carbonyl (C=O) groups is 1. The molecule has 0 aliphatic carbocycles. The fraction of sp³-hybridized carbons (Fsp3) is 0.217. The van der Waals surface area contributed by atoms with Gasteiger partial charge in [0.2, 0.25) is 0 Å². The summed E-state index contributed by atoms with van der Waals surface area (Å²) < 4.78 is 13.6. The van der Waals surface area contributed by atoms with Crippen molar-refractivity contribution >= 4 is 28.2 Å². The number of rotatable bonds is 5. The van der Waals surface area contributed by atoms with Gasteiger partial charge in [0.1, 0.15) is 17.7 Å². The number of quaternary nitrogens is 1. The Balaban J connectivity index is 1.57. The highest BCUT2D eigenvalue weighted by Gasteiger charge is 2.21. The van der Waals surface area contributed by atoms with E-state index in [4.69, 9.17) is 5.53 Å². The van der Waals surface area contributed by atoms with Gasteiger partial charge in [-0.15, -0.1) is 0 Å². The summed E-state index contributed by atoms with van der Waals surface area (Å²) in [5, 5.41) is 5.69. The van der Waals surface area contributed by atoms with Crippen LogP contribution in [0.3, 0.4) is 0 Å². The average Bonchev–Trinajstić information content (AvgIpc) is 2.80. The van der Waals surface area contributed by atoms with E-state index >= 15 is 0 Å². The Bertz CT molecular complexity index is 1260. The van der Waals surface area contributed by atoms with E-state index in [0.29, 0.717) is 29.6 Å². The van der Waals surface area contributed by atoms with E-state index in [1.54, 1.807) is 29.7 Å². The molecule has 1 amide bonds. The first-order valence-corrected chi connectivity index (χ1v) is 10.3. The number of likely N-dealkylation sites (N-methyl/N-ethyl adjacent to an activating group) is 1. The zero-order valence-corrected chi connectivity index (χ0v) is 17.6. The Hall–Kier alpha value is -3.69. The number of hydrogen-bond donors (Lipinski definition) is 3. The number of aromatic amines is 1. The minimum Gasteiger partial charge on any atom is -0.336 e. The number of hydrogen-bond acceptors (Lipinski definition) is 5. The third-order valence-corrected chi connectivity index (χ3v) is 5.56. The standard InChI is InChI=1S/C23H23FN6O2/c1-29-7-9-30(10-8-29)23(32)15-3-2-4-18(12-15)26-14-21(28-25)19-13-16-11-17(24)5-6-20(16)27-22(19)31/h2-6,11-14,25-26H,7-10H2,1H3,(H,27,31)/p+1. The summed E-state index contributed by atoms with van der Waals surface area (Å²) in [4.78, 5) is 32.0. The van der Waals surface area contributed by atoms with Crippen LogP contribution in [0.25, 0.3) is 16.6 Å². The van der Waals surface area contributed by atoms with Crippen molar-refractivity contribution < 1.29 is 14.5 Å². The number of carbonyl (C=O) groups excluding carboxylic acids is 1. The van der Waals surface area contributed by atoms with Crippen LogP contribution in [0.4, 0.5) is 10.1 Å². The van der Waals surface area contributed by atoms with Crippen molar-refractivity contribution in [1.82, 2.24) is 14.8 Å². The highest BCUT2D eigenvalue weighted by atomic mass is 19.1. The maximum Gasteiger partial charge on any atom is 0.258 e. The lowest BCUT2D eigenvalue weighted by Gasteiger charge is -2.32. The summed E-state index contributed by atoms with van der Waals surface area (Å²) >= 11 is 0. The lowest BCUT2D eigenvalue weighted by molar-refractivity contribution is -0.495. The third-order valence-electron chi connectivity index (χ3n) is 5.56. The van der Waals surface area contributed by atoms with Crippen LogP contribution in [0.2, 0.25) is 0 Å². The minimum atomic E-state index is -0.419. The Labute approximate surface area is 183 Å². The highest BCUT2D eigenvalue weighted by molar-refractivity contribution is 5.95. The molecule has 0 bridgehead atoms. The van der Waals surface area contributed by atoms with Gasteiger partial charge in [-0.25, -0.2) is 9.92 Å². The molecule has 3 aromatic rings. The molecule has 32 heavy (non-hydrogen) atoms. The molecule has 4 N–H and O–H groups in total. The fourth-order valence-corrected chi connectivity index (χ4v) is 3.70. The molecule has 2 aromatic carbocycles. The molecule has 1 fully saturated rings. The summed E-state index contributed by atoms with van der Waals surface area (Å²) in [6.45, 7) is 3.07. The van der Waals surface area contributed by atoms with Crippen LogP contribution in [0.1, 0.15) is 15.9 Å². The SMILES string of the molecule is CN1CCN(C(=O)c2cccc([NH2+]C=C(N=N)c3cc4cc(F)ccc4[nH]c3=O)c2)CC1. The van der Waals surface area contributed by atoms with E-state index in [-0.39, 0.29) is 17.2 Å². The topological polar surface area (TPSA) is 109 Å². The number of aromatic nitrogens is 1. The van der Waals surface area contributed by atoms with Crippen molar-refractivity contribution in [3.05, 3.63) is 82.0 Å². The van der Waals surface area contributed by atoms with Gasteiger partial charge in [-0.3, -0.25) is 14.9 Å². The maximum absolute atomic E-state index is 13.6. The molecule has 1 aliphatic heterocycles. The van der Waals surface area contributed by atoms with E-state index < -0.39 is 11.4 Å². The second-order valence-electron chi connectivity index (χ2n) is 7.80. The molecule has 1 aromatic heterocycles. The van der Waals surface area contributed by atoms with Gasteiger partial charge in [0.25, 0.3) is 11.5 Å². The van der Waals surface area contributed by atoms with Gasteiger partial charge in [0.05, 0.1) is 5.56 Å². The number of nitrogens with one attached hydrogen (secondary N) is 2. The smallest absolute Gasteiger partial charge is 0.258 e. The zero-order valence-electron chi connectivity index (χ0n) is 17.6. The molecule has 1 saturated heterocycles. The lowest BCUT2D eigenvalue weighted by Crippen LogP contribution is -2.71. The van der Waals surface area contributed by atoms with Crippen molar-refractivity contribution in [2.45, 2.75) is 0 Å². The number of H-pyrrole nitrogens is 1. The molecule has 8 nitrogen and oxygen atoms in total. The van der Waals surface area contributed by atoms with Crippen LogP contribution >= 0.6 is 0 Å². The fourth-order valence-electron chi connectivity index (χ4n) is 3.70. The van der Waals surface area contributed by atoms with Crippen LogP contribution in [0, 0.1) is 11.3 Å². The summed E-state index contributed by atoms with van der Waals surface area (Å²) in [7, 11) is 2.04. The number of fused-ring (bicyclic) bond motifs is 1. The predicted octanol–water partition coefficient (Wildman–Crippen LogP) is 2.28. The van der Waals surface area contributed by atoms with Gasteiger partial charge in [0.15, 0.2) is 5.70 Å². The predicted molar refractivity (Wildman–Crippen MR) is 119 cm³/mol. The Morgan fingerprint density at radius 1 is 1.16 bits per heavy atom. The first-order chi connectivity index (χ1) is 15.4. The summed E-state index contributed by atoms with van der Waals surface area (Å²) in [5.74, 6) is -0.437. The van der Waals surface area contributed by atoms with E-state index in [2.05, 4.69) is 15.0 Å². The van der Waals surface area contributed by atoms with Gasteiger partial charge < -0.3 is 14.8 Å². The number of nitrogens with two attached hydrogens (primary N) is 1. The van der Waals surface area contributed by atoms with Gasteiger partial charge in [0, 0.05) is 48.7 Å². The Kier molecular flexibility index (Phi) is 6.20. The first-order valence-electron chi connectivity index (χ1n) is 10.3. The quantitative estimate of drug-likeness (QED) is 0.422. The largest absolute Gasteiger partial charge is 0.336 e. The van der Waals surface area contributed by atoms with Crippen LogP contribution in [0.5, 0.6) is 0 Å². The number of amides is 1. The minimum absolute atomic E-state index is 0.0178. The Morgan fingerprint density at radius 3 is 2.69 bits per heavy atom. The number of piperazine rings is 1. The molecule has 0 spiro atoms. The van der Waals surface area contributed by atoms with E-state index in [1.807, 2.05) is 18.0 Å². The number of pyridine rings is 1. The molecule has 4 rings (SSSR count). The van der Waals surface area contributed by atoms with Crippen LogP contribution < -0.4 is 10.9 Å². The van der Waals surface area contributed by atoms with Crippen molar-refractivity contribution in [2.75, 3.05) is 33.2 Å². The molecule has 0 saturated carbocycles. The molecule has 0 unspecified atom stereocenters. The highest BCUT2D eigenvalue weighted by Crippen LogP contribution is 2.18. The maximum atomic E-state index is 13.6. The monoisotopic (exact) mass is 435 g/mol. The number of halogens is 1. The summed E-state index contributed by atoms with van der Waals surface area (Å²) in [5.41, 5.74) is 9.23. The average molecular weight is 435 g/mol. The second kappa shape index (κ2) is 9.21. The summed E-state index contributed by atoms with van der Waals surface area (Å²) in [6.07, 6.45) is 1.54. The third kappa shape index (κ3) is 4.63. The van der Waals surface area contributed by atoms with Crippen molar-refractivity contribution in [3.8, 4) is 0 Å². The van der Waals surface area contributed by atoms with E-state index in [0.717, 1.165) is 18.8 Å². The van der Waals surface area contributed by atoms with Gasteiger partial charge >= 0.3 is 0 Å². The molecule has 2 heterocycles. The zero-order chi connectivity index (χ0) is 22.7. The van der Waals surface area contributed by atoms with E-state index in [9.17, 15) is 14.0 Å². The molecular formula is C23H24FN6O2+. The molecule has 164 valence electrons. The normalized spacial score (nSPS) is 15.2. The van der Waals surface area contributed by atoms with Gasteiger partial charge in [-0.05, 0) is 43.4 Å². The van der Waals surface area contributed by atoms with Crippen molar-refractivity contribution in [1.29, 1.82) is 5.53 Å². The molecular weight excluding hydrogens is 411 g/mol. The Morgan fingerprint density at radius 2 is 1.94 bits per heavy atom. The molecule has 1 aliphatic rings. The molecule has 0 atom stereocenters. The van der Waals surface area contributed by atoms with Crippen molar-refractivity contribution in [2.24, 2.45) is 5.11 Å². The number of nitrogens with zero attached hydrogens (tertiary/aromatic N) is 3. The van der Waals surface area contributed by atoms with Gasteiger partial charge in [-0.2, -0.15) is 5.11 Å².